The van der Waals surface area contributed by atoms with E-state index in [4.69, 9.17) is 16.3 Å². The number of carbonyl (C=O) groups is 2. The number of halogens is 3. The first-order valence-corrected chi connectivity index (χ1v) is 7.29. The summed E-state index contributed by atoms with van der Waals surface area (Å²) in [7, 11) is 0. The second kappa shape index (κ2) is 6.45. The van der Waals surface area contributed by atoms with Crippen LogP contribution in [0.25, 0.3) is 0 Å². The van der Waals surface area contributed by atoms with Gasteiger partial charge >= 0.3 is 0 Å². The van der Waals surface area contributed by atoms with Gasteiger partial charge in [-0.15, -0.1) is 0 Å². The van der Waals surface area contributed by atoms with Crippen LogP contribution >= 0.6 is 11.6 Å². The Bertz CT molecular complexity index is 829. The van der Waals surface area contributed by atoms with Gasteiger partial charge in [-0.25, -0.2) is 8.78 Å². The van der Waals surface area contributed by atoms with E-state index in [0.717, 1.165) is 12.1 Å². The molecule has 124 valence electrons. The zero-order valence-electron chi connectivity index (χ0n) is 12.2. The van der Waals surface area contributed by atoms with Crippen LogP contribution in [-0.2, 0) is 9.59 Å². The fraction of sp³-hybridized carbons (Fsp3) is 0.125. The number of rotatable bonds is 3. The number of nitrogens with zero attached hydrogens (tertiary/aromatic N) is 1. The molecule has 8 heteroatoms. The molecule has 0 unspecified atom stereocenters. The molecule has 1 N–H and O–H groups in total. The summed E-state index contributed by atoms with van der Waals surface area (Å²) in [6.45, 7) is -0.512. The fourth-order valence-corrected chi connectivity index (χ4v) is 2.43. The number of nitrogens with one attached hydrogen (secondary N) is 1. The van der Waals surface area contributed by atoms with Crippen LogP contribution < -0.4 is 15.0 Å². The molecule has 3 rings (SSSR count). The first kappa shape index (κ1) is 16.2. The van der Waals surface area contributed by atoms with Crippen molar-refractivity contribution in [2.24, 2.45) is 0 Å². The number of ether oxygens (including phenoxy) is 1. The van der Waals surface area contributed by atoms with Crippen LogP contribution in [0.3, 0.4) is 0 Å². The van der Waals surface area contributed by atoms with Crippen LogP contribution in [0.1, 0.15) is 0 Å². The van der Waals surface area contributed by atoms with Crippen LogP contribution in [0.2, 0.25) is 5.02 Å². The van der Waals surface area contributed by atoms with E-state index in [0.29, 0.717) is 16.5 Å². The highest BCUT2D eigenvalue weighted by atomic mass is 35.5. The lowest BCUT2D eigenvalue weighted by Crippen LogP contribution is -2.43. The summed E-state index contributed by atoms with van der Waals surface area (Å²) in [5.74, 6) is -2.64. The number of hydrogen-bond donors (Lipinski definition) is 1. The van der Waals surface area contributed by atoms with E-state index >= 15 is 0 Å². The Hall–Kier alpha value is -2.67. The number of anilines is 2. The van der Waals surface area contributed by atoms with E-state index in [9.17, 15) is 18.4 Å². The molecule has 0 spiro atoms. The van der Waals surface area contributed by atoms with Crippen molar-refractivity contribution < 1.29 is 23.1 Å². The van der Waals surface area contributed by atoms with E-state index in [1.807, 2.05) is 0 Å². The largest absolute Gasteiger partial charge is 0.482 e. The molecule has 0 saturated heterocycles. The minimum atomic E-state index is -1.08. The van der Waals surface area contributed by atoms with Gasteiger partial charge in [-0.05, 0) is 30.3 Å². The lowest BCUT2D eigenvalue weighted by atomic mass is 10.2. The van der Waals surface area contributed by atoms with Gasteiger partial charge in [0, 0.05) is 16.8 Å². The van der Waals surface area contributed by atoms with Gasteiger partial charge in [0.25, 0.3) is 5.91 Å². The molecular formula is C16H11ClF2N2O3. The summed E-state index contributed by atoms with van der Waals surface area (Å²) in [5.41, 5.74) is 0.463. The number of benzene rings is 2. The van der Waals surface area contributed by atoms with Crippen molar-refractivity contribution in [3.63, 3.8) is 0 Å². The monoisotopic (exact) mass is 352 g/mol. The van der Waals surface area contributed by atoms with Gasteiger partial charge < -0.3 is 10.1 Å². The average Bonchev–Trinajstić information content (AvgIpc) is 2.54. The molecule has 24 heavy (non-hydrogen) atoms. The van der Waals surface area contributed by atoms with E-state index < -0.39 is 23.4 Å². The molecule has 1 aliphatic heterocycles. The average molecular weight is 353 g/mol. The van der Waals surface area contributed by atoms with Gasteiger partial charge in [0.05, 0.1) is 5.69 Å². The minimum Gasteiger partial charge on any atom is -0.482 e. The molecule has 1 heterocycles. The predicted octanol–water partition coefficient (Wildman–Crippen LogP) is 2.98. The fourth-order valence-electron chi connectivity index (χ4n) is 2.27. The summed E-state index contributed by atoms with van der Waals surface area (Å²) in [6.07, 6.45) is 0. The highest BCUT2D eigenvalue weighted by molar-refractivity contribution is 6.31. The molecule has 2 aromatic rings. The minimum absolute atomic E-state index is 0.0888. The molecule has 0 bridgehead atoms. The Labute approximate surface area is 140 Å². The molecule has 0 atom stereocenters. The lowest BCUT2D eigenvalue weighted by Gasteiger charge is -2.29. The van der Waals surface area contributed by atoms with Crippen molar-refractivity contribution in [2.45, 2.75) is 0 Å². The van der Waals surface area contributed by atoms with Gasteiger partial charge in [0.1, 0.15) is 12.3 Å². The van der Waals surface area contributed by atoms with Crippen molar-refractivity contribution >= 4 is 34.8 Å². The SMILES string of the molecule is O=C(CN1C(=O)COc2ccc(Cl)cc21)Nc1ccc(F)c(F)c1. The Morgan fingerprint density at radius 2 is 2.00 bits per heavy atom. The van der Waals surface area contributed by atoms with Crippen LogP contribution in [-0.4, -0.2) is 25.0 Å². The summed E-state index contributed by atoms with van der Waals surface area (Å²) in [4.78, 5) is 25.4. The van der Waals surface area contributed by atoms with E-state index in [1.54, 1.807) is 12.1 Å². The highest BCUT2D eigenvalue weighted by Gasteiger charge is 2.27. The molecule has 2 aromatic carbocycles. The number of fused-ring (bicyclic) bond motifs is 1. The maximum Gasteiger partial charge on any atom is 0.265 e. The molecule has 0 aliphatic carbocycles. The third-order valence-corrected chi connectivity index (χ3v) is 3.60. The first-order valence-electron chi connectivity index (χ1n) is 6.91. The molecule has 0 saturated carbocycles. The van der Waals surface area contributed by atoms with Crippen LogP contribution in [0.4, 0.5) is 20.2 Å². The van der Waals surface area contributed by atoms with Gasteiger partial charge in [-0.1, -0.05) is 11.6 Å². The number of carbonyl (C=O) groups excluding carboxylic acids is 2. The van der Waals surface area contributed by atoms with Crippen LogP contribution in [0, 0.1) is 11.6 Å². The molecular weight excluding hydrogens is 342 g/mol. The highest BCUT2D eigenvalue weighted by Crippen LogP contribution is 2.34. The molecule has 0 aromatic heterocycles. The predicted molar refractivity (Wildman–Crippen MR) is 84.3 cm³/mol. The third kappa shape index (κ3) is 3.30. The zero-order valence-corrected chi connectivity index (χ0v) is 12.9. The second-order valence-electron chi connectivity index (χ2n) is 5.06. The molecule has 0 radical (unpaired) electrons. The topological polar surface area (TPSA) is 58.6 Å². The third-order valence-electron chi connectivity index (χ3n) is 3.37. The van der Waals surface area contributed by atoms with E-state index in [1.165, 1.54) is 17.0 Å². The van der Waals surface area contributed by atoms with Gasteiger partial charge in [0.15, 0.2) is 18.2 Å². The Morgan fingerprint density at radius 1 is 1.21 bits per heavy atom. The quantitative estimate of drug-likeness (QED) is 0.924. The van der Waals surface area contributed by atoms with Crippen LogP contribution in [0.15, 0.2) is 36.4 Å². The van der Waals surface area contributed by atoms with Crippen molar-refractivity contribution in [3.8, 4) is 5.75 Å². The summed E-state index contributed by atoms with van der Waals surface area (Å²) >= 11 is 5.92. The van der Waals surface area contributed by atoms with Gasteiger partial charge in [0.2, 0.25) is 5.91 Å². The number of hydrogen-bond acceptors (Lipinski definition) is 3. The second-order valence-corrected chi connectivity index (χ2v) is 5.49. The molecule has 1 aliphatic rings. The summed E-state index contributed by atoms with van der Waals surface area (Å²) in [5, 5.41) is 2.80. The summed E-state index contributed by atoms with van der Waals surface area (Å²) < 4.78 is 31.3. The van der Waals surface area contributed by atoms with Gasteiger partial charge in [-0.3, -0.25) is 14.5 Å². The molecule has 2 amide bonds. The Balaban J connectivity index is 1.77. The number of amides is 2. The van der Waals surface area contributed by atoms with E-state index in [-0.39, 0.29) is 18.8 Å². The summed E-state index contributed by atoms with van der Waals surface area (Å²) in [6, 6.07) is 7.71. The van der Waals surface area contributed by atoms with Crippen molar-refractivity contribution in [1.82, 2.24) is 0 Å². The van der Waals surface area contributed by atoms with Gasteiger partial charge in [-0.2, -0.15) is 0 Å². The van der Waals surface area contributed by atoms with E-state index in [2.05, 4.69) is 5.32 Å². The maximum absolute atomic E-state index is 13.2. The zero-order chi connectivity index (χ0) is 17.3. The Morgan fingerprint density at radius 3 is 2.75 bits per heavy atom. The standard InChI is InChI=1S/C16H11ClF2N2O3/c17-9-1-4-14-13(5-9)21(16(23)8-24-14)7-15(22)20-10-2-3-11(18)12(19)6-10/h1-6H,7-8H2,(H,20,22). The van der Waals surface area contributed by atoms with Crippen molar-refractivity contribution in [2.75, 3.05) is 23.4 Å². The smallest absolute Gasteiger partial charge is 0.265 e. The first-order chi connectivity index (χ1) is 11.4. The van der Waals surface area contributed by atoms with Crippen molar-refractivity contribution in [1.29, 1.82) is 0 Å². The normalized spacial score (nSPS) is 13.3. The Kier molecular flexibility index (Phi) is 4.35. The van der Waals surface area contributed by atoms with Crippen molar-refractivity contribution in [3.05, 3.63) is 53.1 Å². The lowest BCUT2D eigenvalue weighted by molar-refractivity contribution is -0.123. The molecule has 5 nitrogen and oxygen atoms in total. The maximum atomic E-state index is 13.2. The van der Waals surface area contributed by atoms with Crippen LogP contribution in [0.5, 0.6) is 5.75 Å². The molecule has 0 fully saturated rings.